The van der Waals surface area contributed by atoms with Crippen LogP contribution in [0, 0.1) is 10.8 Å². The van der Waals surface area contributed by atoms with Gasteiger partial charge in [0.15, 0.2) is 0 Å². The molecule has 2 aliphatic heterocycles. The largest absolute Gasteiger partial charge is 0.366 e. The van der Waals surface area contributed by atoms with Gasteiger partial charge in [-0.2, -0.15) is 4.91 Å². The Labute approximate surface area is 85.2 Å². The van der Waals surface area contributed by atoms with Gasteiger partial charge in [-0.25, -0.2) is 0 Å². The van der Waals surface area contributed by atoms with Gasteiger partial charge < -0.3 is 4.74 Å². The van der Waals surface area contributed by atoms with Crippen LogP contribution in [-0.2, 0) is 4.74 Å². The minimum absolute atomic E-state index is 0.0197. The van der Waals surface area contributed by atoms with E-state index in [9.17, 15) is 4.91 Å². The highest BCUT2D eigenvalue weighted by molar-refractivity contribution is 5.06. The van der Waals surface area contributed by atoms with Crippen LogP contribution in [0.1, 0.15) is 46.5 Å². The summed E-state index contributed by atoms with van der Waals surface area (Å²) in [6.45, 7) is 6.38. The molecule has 0 radical (unpaired) electrons. The van der Waals surface area contributed by atoms with Gasteiger partial charge in [0.05, 0.1) is 11.2 Å². The standard InChI is InChI=1S/C11H19NO2/c1-4-10(2)8-5-6-11(3,14-10)9(7-8)12-13/h8-9H,4-7H2,1-3H3. The van der Waals surface area contributed by atoms with Crippen molar-refractivity contribution >= 4 is 0 Å². The first kappa shape index (κ1) is 10.1. The summed E-state index contributed by atoms with van der Waals surface area (Å²) in [6, 6.07) is -0.124. The Hall–Kier alpha value is -0.440. The van der Waals surface area contributed by atoms with Crippen LogP contribution in [0.3, 0.4) is 0 Å². The van der Waals surface area contributed by atoms with Crippen molar-refractivity contribution in [2.45, 2.75) is 63.7 Å². The van der Waals surface area contributed by atoms with E-state index in [1.807, 2.05) is 6.92 Å². The molecule has 4 atom stereocenters. The Bertz CT molecular complexity index is 256. The van der Waals surface area contributed by atoms with E-state index in [2.05, 4.69) is 19.0 Å². The molecular formula is C11H19NO2. The molecule has 80 valence electrons. The zero-order valence-electron chi connectivity index (χ0n) is 9.25. The van der Waals surface area contributed by atoms with E-state index in [0.29, 0.717) is 5.92 Å². The minimum Gasteiger partial charge on any atom is -0.366 e. The van der Waals surface area contributed by atoms with E-state index in [4.69, 9.17) is 4.74 Å². The highest BCUT2D eigenvalue weighted by Crippen LogP contribution is 2.51. The molecule has 3 aliphatic rings. The molecule has 2 bridgehead atoms. The third-order valence-electron chi connectivity index (χ3n) is 4.36. The molecule has 3 heteroatoms. The fourth-order valence-corrected chi connectivity index (χ4v) is 3.07. The van der Waals surface area contributed by atoms with Crippen LogP contribution >= 0.6 is 0 Å². The van der Waals surface area contributed by atoms with Gasteiger partial charge in [0.25, 0.3) is 0 Å². The van der Waals surface area contributed by atoms with E-state index in [-0.39, 0.29) is 17.2 Å². The SMILES string of the molecule is CCC1(C)OC2(C)CCC1CC2N=O. The lowest BCUT2D eigenvalue weighted by molar-refractivity contribution is -0.246. The Balaban J connectivity index is 2.27. The van der Waals surface area contributed by atoms with Crippen molar-refractivity contribution < 1.29 is 4.74 Å². The van der Waals surface area contributed by atoms with Crippen LogP contribution in [0.25, 0.3) is 0 Å². The molecule has 0 aromatic rings. The van der Waals surface area contributed by atoms with Gasteiger partial charge in [0, 0.05) is 0 Å². The Kier molecular flexibility index (Phi) is 2.18. The van der Waals surface area contributed by atoms with Gasteiger partial charge in [-0.05, 0) is 45.4 Å². The second-order valence-electron chi connectivity index (χ2n) is 5.17. The number of rotatable bonds is 2. The second-order valence-corrected chi connectivity index (χ2v) is 5.17. The highest BCUT2D eigenvalue weighted by atomic mass is 16.5. The Morgan fingerprint density at radius 1 is 1.50 bits per heavy atom. The molecule has 3 nitrogen and oxygen atoms in total. The molecule has 1 saturated carbocycles. The number of nitrogens with zero attached hydrogens (tertiary/aromatic N) is 1. The molecular weight excluding hydrogens is 178 g/mol. The first-order valence-electron chi connectivity index (χ1n) is 5.57. The van der Waals surface area contributed by atoms with Crippen LogP contribution < -0.4 is 0 Å². The average Bonchev–Trinajstić information content (AvgIpc) is 2.17. The summed E-state index contributed by atoms with van der Waals surface area (Å²) in [7, 11) is 0. The lowest BCUT2D eigenvalue weighted by Crippen LogP contribution is -2.61. The van der Waals surface area contributed by atoms with Gasteiger partial charge >= 0.3 is 0 Å². The van der Waals surface area contributed by atoms with Crippen molar-refractivity contribution in [1.82, 2.24) is 0 Å². The van der Waals surface area contributed by atoms with E-state index < -0.39 is 0 Å². The monoisotopic (exact) mass is 197 g/mol. The average molecular weight is 197 g/mol. The molecule has 1 aliphatic carbocycles. The third-order valence-corrected chi connectivity index (χ3v) is 4.36. The second kappa shape index (κ2) is 3.02. The molecule has 2 heterocycles. The summed E-state index contributed by atoms with van der Waals surface area (Å²) in [5, 5.41) is 3.23. The van der Waals surface area contributed by atoms with E-state index in [0.717, 1.165) is 19.3 Å². The summed E-state index contributed by atoms with van der Waals surface area (Å²) in [5.74, 6) is 0.525. The number of hydrogen-bond acceptors (Lipinski definition) is 3. The summed E-state index contributed by atoms with van der Waals surface area (Å²) in [6.07, 6.45) is 4.12. The smallest absolute Gasteiger partial charge is 0.121 e. The third kappa shape index (κ3) is 1.22. The molecule has 0 spiro atoms. The van der Waals surface area contributed by atoms with Gasteiger partial charge in [0.2, 0.25) is 0 Å². The topological polar surface area (TPSA) is 38.7 Å². The summed E-state index contributed by atoms with van der Waals surface area (Å²) < 4.78 is 6.12. The zero-order chi connectivity index (χ0) is 10.4. The van der Waals surface area contributed by atoms with Crippen molar-refractivity contribution in [2.75, 3.05) is 0 Å². The molecule has 2 saturated heterocycles. The fourth-order valence-electron chi connectivity index (χ4n) is 3.07. The molecule has 3 fully saturated rings. The maximum absolute atomic E-state index is 10.7. The van der Waals surface area contributed by atoms with Crippen LogP contribution in [0.5, 0.6) is 0 Å². The zero-order valence-corrected chi connectivity index (χ0v) is 9.25. The molecule has 0 aromatic heterocycles. The van der Waals surface area contributed by atoms with Gasteiger partial charge in [-0.15, -0.1) is 0 Å². The Morgan fingerprint density at radius 3 is 2.71 bits per heavy atom. The van der Waals surface area contributed by atoms with E-state index in [1.54, 1.807) is 0 Å². The predicted octanol–water partition coefficient (Wildman–Crippen LogP) is 2.88. The molecule has 3 rings (SSSR count). The quantitative estimate of drug-likeness (QED) is 0.638. The number of ether oxygens (including phenoxy) is 1. The van der Waals surface area contributed by atoms with E-state index in [1.165, 1.54) is 6.42 Å². The van der Waals surface area contributed by atoms with Crippen molar-refractivity contribution in [2.24, 2.45) is 11.1 Å². The highest BCUT2D eigenvalue weighted by Gasteiger charge is 2.55. The molecule has 14 heavy (non-hydrogen) atoms. The maximum Gasteiger partial charge on any atom is 0.121 e. The molecule has 4 unspecified atom stereocenters. The van der Waals surface area contributed by atoms with Crippen LogP contribution in [0.2, 0.25) is 0 Å². The lowest BCUT2D eigenvalue weighted by atomic mass is 9.65. The van der Waals surface area contributed by atoms with Crippen LogP contribution in [0.15, 0.2) is 5.18 Å². The first-order valence-corrected chi connectivity index (χ1v) is 5.57. The number of fused-ring (bicyclic) bond motifs is 3. The van der Waals surface area contributed by atoms with Crippen molar-refractivity contribution in [3.8, 4) is 0 Å². The summed E-state index contributed by atoms with van der Waals surface area (Å²) in [5.41, 5.74) is -0.310. The lowest BCUT2D eigenvalue weighted by Gasteiger charge is -2.56. The van der Waals surface area contributed by atoms with Crippen LogP contribution in [-0.4, -0.2) is 17.2 Å². The van der Waals surface area contributed by atoms with Gasteiger partial charge in [-0.1, -0.05) is 12.1 Å². The molecule has 0 N–H and O–H groups in total. The van der Waals surface area contributed by atoms with Crippen molar-refractivity contribution in [3.05, 3.63) is 4.91 Å². The first-order chi connectivity index (χ1) is 6.54. The summed E-state index contributed by atoms with van der Waals surface area (Å²) >= 11 is 0. The van der Waals surface area contributed by atoms with Gasteiger partial charge in [-0.3, -0.25) is 0 Å². The van der Waals surface area contributed by atoms with E-state index >= 15 is 0 Å². The fraction of sp³-hybridized carbons (Fsp3) is 1.00. The van der Waals surface area contributed by atoms with Crippen molar-refractivity contribution in [3.63, 3.8) is 0 Å². The molecule has 0 aromatic carbocycles. The minimum atomic E-state index is -0.290. The Morgan fingerprint density at radius 2 is 2.21 bits per heavy atom. The van der Waals surface area contributed by atoms with Gasteiger partial charge in [0.1, 0.15) is 6.04 Å². The van der Waals surface area contributed by atoms with Crippen LogP contribution in [0.4, 0.5) is 0 Å². The normalized spacial score (nSPS) is 51.9. The molecule has 0 amide bonds. The number of hydrogen-bond donors (Lipinski definition) is 0. The van der Waals surface area contributed by atoms with Crippen molar-refractivity contribution in [1.29, 1.82) is 0 Å². The summed E-state index contributed by atoms with van der Waals surface area (Å²) in [4.78, 5) is 10.7. The predicted molar refractivity (Wildman–Crippen MR) is 55.1 cm³/mol. The number of nitroso groups, excluding NO2 is 1. The maximum atomic E-state index is 10.7.